The lowest BCUT2D eigenvalue weighted by Crippen LogP contribution is -2.25. The Kier molecular flexibility index (Phi) is 7.07. The third-order valence-electron chi connectivity index (χ3n) is 5.53. The van der Waals surface area contributed by atoms with E-state index in [-0.39, 0.29) is 12.0 Å². The number of nitrogens with zero attached hydrogens (tertiary/aromatic N) is 1. The van der Waals surface area contributed by atoms with Crippen molar-refractivity contribution in [1.29, 1.82) is 0 Å². The van der Waals surface area contributed by atoms with Gasteiger partial charge in [0.05, 0.1) is 6.10 Å². The first-order valence-corrected chi connectivity index (χ1v) is 11.2. The highest BCUT2D eigenvalue weighted by atomic mass is 16.5. The highest BCUT2D eigenvalue weighted by Crippen LogP contribution is 2.29. The summed E-state index contributed by atoms with van der Waals surface area (Å²) < 4.78 is 11.3. The molecule has 1 amide bonds. The Morgan fingerprint density at radius 1 is 1.00 bits per heavy atom. The van der Waals surface area contributed by atoms with E-state index in [4.69, 9.17) is 9.47 Å². The van der Waals surface area contributed by atoms with Crippen molar-refractivity contribution in [2.45, 2.75) is 38.8 Å². The molecule has 1 aliphatic rings. The number of hydrogen-bond donors (Lipinski definition) is 1. The molecule has 0 unspecified atom stereocenters. The molecule has 0 aliphatic carbocycles. The van der Waals surface area contributed by atoms with Crippen LogP contribution in [0.2, 0.25) is 0 Å². The minimum Gasteiger partial charge on any atom is -0.491 e. The van der Waals surface area contributed by atoms with E-state index < -0.39 is 0 Å². The summed E-state index contributed by atoms with van der Waals surface area (Å²) in [6.07, 6.45) is 2.31. The van der Waals surface area contributed by atoms with Crippen LogP contribution in [0.15, 0.2) is 78.9 Å². The van der Waals surface area contributed by atoms with Gasteiger partial charge in [0.15, 0.2) is 0 Å². The molecule has 0 bridgehead atoms. The fourth-order valence-corrected chi connectivity index (χ4v) is 3.91. The van der Waals surface area contributed by atoms with Crippen LogP contribution in [-0.4, -0.2) is 31.3 Å². The SMILES string of the molecule is CC(C)N(c1ccccc1)c1ccc(NC(=O)c2ccc(OC[C@H]3CCCO3)cc2)cc1. The molecule has 1 fully saturated rings. The second kappa shape index (κ2) is 10.3. The van der Waals surface area contributed by atoms with Gasteiger partial charge in [-0.15, -0.1) is 0 Å². The third-order valence-corrected chi connectivity index (χ3v) is 5.53. The van der Waals surface area contributed by atoms with Crippen LogP contribution in [0.5, 0.6) is 5.75 Å². The number of benzene rings is 3. The second-order valence-corrected chi connectivity index (χ2v) is 8.27. The summed E-state index contributed by atoms with van der Waals surface area (Å²) >= 11 is 0. The van der Waals surface area contributed by atoms with Crippen molar-refractivity contribution < 1.29 is 14.3 Å². The van der Waals surface area contributed by atoms with Crippen LogP contribution in [0.3, 0.4) is 0 Å². The van der Waals surface area contributed by atoms with E-state index in [9.17, 15) is 4.79 Å². The van der Waals surface area contributed by atoms with Gasteiger partial charge >= 0.3 is 0 Å². The minimum absolute atomic E-state index is 0.146. The van der Waals surface area contributed by atoms with Gasteiger partial charge in [0.2, 0.25) is 0 Å². The fraction of sp³-hybridized carbons (Fsp3) is 0.296. The summed E-state index contributed by atoms with van der Waals surface area (Å²) in [7, 11) is 0. The lowest BCUT2D eigenvalue weighted by molar-refractivity contribution is 0.0679. The van der Waals surface area contributed by atoms with Gasteiger partial charge in [-0.25, -0.2) is 0 Å². The molecule has 5 heteroatoms. The zero-order valence-corrected chi connectivity index (χ0v) is 18.7. The van der Waals surface area contributed by atoms with Crippen molar-refractivity contribution in [3.63, 3.8) is 0 Å². The summed E-state index contributed by atoms with van der Waals surface area (Å²) in [5.74, 6) is 0.600. The van der Waals surface area contributed by atoms with Crippen LogP contribution in [0, 0.1) is 0 Å². The number of para-hydroxylation sites is 1. The molecular formula is C27H30N2O3. The summed E-state index contributed by atoms with van der Waals surface area (Å²) in [4.78, 5) is 14.9. The van der Waals surface area contributed by atoms with Crippen LogP contribution in [0.4, 0.5) is 17.1 Å². The molecular weight excluding hydrogens is 400 g/mol. The Morgan fingerprint density at radius 3 is 2.31 bits per heavy atom. The summed E-state index contributed by atoms with van der Waals surface area (Å²) in [6.45, 7) is 5.69. The highest BCUT2D eigenvalue weighted by Gasteiger charge is 2.16. The van der Waals surface area contributed by atoms with E-state index in [2.05, 4.69) is 36.2 Å². The normalized spacial score (nSPS) is 15.5. The molecule has 1 atom stereocenters. The zero-order chi connectivity index (χ0) is 22.3. The molecule has 32 heavy (non-hydrogen) atoms. The third kappa shape index (κ3) is 5.48. The Labute approximate surface area is 190 Å². The lowest BCUT2D eigenvalue weighted by atomic mass is 10.1. The molecule has 3 aromatic rings. The Balaban J connectivity index is 1.37. The van der Waals surface area contributed by atoms with E-state index in [1.165, 1.54) is 0 Å². The average molecular weight is 431 g/mol. The van der Waals surface area contributed by atoms with E-state index >= 15 is 0 Å². The minimum atomic E-state index is -0.146. The van der Waals surface area contributed by atoms with Crippen LogP contribution in [-0.2, 0) is 4.74 Å². The quantitative estimate of drug-likeness (QED) is 0.473. The van der Waals surface area contributed by atoms with Crippen molar-refractivity contribution in [2.24, 2.45) is 0 Å². The van der Waals surface area contributed by atoms with Gasteiger partial charge in [0, 0.05) is 35.3 Å². The molecule has 1 N–H and O–H groups in total. The predicted molar refractivity (Wildman–Crippen MR) is 129 cm³/mol. The first-order chi connectivity index (χ1) is 15.6. The van der Waals surface area contributed by atoms with Gasteiger partial charge in [-0.1, -0.05) is 18.2 Å². The van der Waals surface area contributed by atoms with Crippen molar-refractivity contribution in [2.75, 3.05) is 23.4 Å². The van der Waals surface area contributed by atoms with Crippen molar-refractivity contribution in [3.05, 3.63) is 84.4 Å². The van der Waals surface area contributed by atoms with E-state index in [0.29, 0.717) is 18.2 Å². The maximum Gasteiger partial charge on any atom is 0.255 e. The molecule has 0 saturated carbocycles. The van der Waals surface area contributed by atoms with E-state index in [1.807, 2.05) is 54.6 Å². The first kappa shape index (κ1) is 21.9. The molecule has 0 radical (unpaired) electrons. The molecule has 5 nitrogen and oxygen atoms in total. The van der Waals surface area contributed by atoms with Gasteiger partial charge in [-0.05, 0) is 87.4 Å². The maximum absolute atomic E-state index is 12.7. The predicted octanol–water partition coefficient (Wildman–Crippen LogP) is 6.04. The largest absolute Gasteiger partial charge is 0.491 e. The van der Waals surface area contributed by atoms with Crippen molar-refractivity contribution in [3.8, 4) is 5.75 Å². The maximum atomic E-state index is 12.7. The molecule has 1 heterocycles. The molecule has 166 valence electrons. The molecule has 4 rings (SSSR count). The van der Waals surface area contributed by atoms with Crippen LogP contribution in [0.1, 0.15) is 37.0 Å². The summed E-state index contributed by atoms with van der Waals surface area (Å²) in [6, 6.07) is 25.8. The summed E-state index contributed by atoms with van der Waals surface area (Å²) in [5, 5.41) is 2.97. The fourth-order valence-electron chi connectivity index (χ4n) is 3.91. The molecule has 1 aliphatic heterocycles. The Bertz CT molecular complexity index is 995. The lowest BCUT2D eigenvalue weighted by Gasteiger charge is -2.29. The van der Waals surface area contributed by atoms with Crippen LogP contribution >= 0.6 is 0 Å². The number of carbonyl (C=O) groups is 1. The van der Waals surface area contributed by atoms with Gasteiger partial charge in [-0.3, -0.25) is 4.79 Å². The molecule has 0 spiro atoms. The van der Waals surface area contributed by atoms with Gasteiger partial charge in [0.1, 0.15) is 12.4 Å². The monoisotopic (exact) mass is 430 g/mol. The zero-order valence-electron chi connectivity index (χ0n) is 18.7. The first-order valence-electron chi connectivity index (χ1n) is 11.2. The Hall–Kier alpha value is -3.31. The molecule has 3 aromatic carbocycles. The Morgan fingerprint density at radius 2 is 1.69 bits per heavy atom. The highest BCUT2D eigenvalue weighted by molar-refractivity contribution is 6.04. The molecule has 0 aromatic heterocycles. The number of amides is 1. The van der Waals surface area contributed by atoms with Crippen molar-refractivity contribution >= 4 is 23.0 Å². The number of hydrogen-bond acceptors (Lipinski definition) is 4. The topological polar surface area (TPSA) is 50.8 Å². The van der Waals surface area contributed by atoms with E-state index in [0.717, 1.165) is 42.3 Å². The number of nitrogens with one attached hydrogen (secondary N) is 1. The number of rotatable bonds is 8. The van der Waals surface area contributed by atoms with Gasteiger partial charge < -0.3 is 19.7 Å². The van der Waals surface area contributed by atoms with Gasteiger partial charge in [-0.2, -0.15) is 0 Å². The van der Waals surface area contributed by atoms with E-state index in [1.54, 1.807) is 12.1 Å². The standard InChI is InChI=1S/C27H30N2O3/c1-20(2)29(23-7-4-3-5-8-23)24-14-12-22(13-15-24)28-27(30)21-10-16-25(17-11-21)32-19-26-9-6-18-31-26/h3-5,7-8,10-17,20,26H,6,9,18-19H2,1-2H3,(H,28,30)/t26-/m1/s1. The number of anilines is 3. The molecule has 1 saturated heterocycles. The number of carbonyl (C=O) groups excluding carboxylic acids is 1. The number of ether oxygens (including phenoxy) is 2. The van der Waals surface area contributed by atoms with Crippen LogP contribution in [0.25, 0.3) is 0 Å². The second-order valence-electron chi connectivity index (χ2n) is 8.27. The van der Waals surface area contributed by atoms with Crippen molar-refractivity contribution in [1.82, 2.24) is 0 Å². The van der Waals surface area contributed by atoms with Crippen LogP contribution < -0.4 is 15.0 Å². The smallest absolute Gasteiger partial charge is 0.255 e. The average Bonchev–Trinajstić information content (AvgIpc) is 3.34. The van der Waals surface area contributed by atoms with Gasteiger partial charge in [0.25, 0.3) is 5.91 Å². The summed E-state index contributed by atoms with van der Waals surface area (Å²) in [5.41, 5.74) is 3.57.